The van der Waals surface area contributed by atoms with E-state index in [9.17, 15) is 4.79 Å². The van der Waals surface area contributed by atoms with Crippen LogP contribution >= 0.6 is 23.5 Å². The molecule has 1 heterocycles. The van der Waals surface area contributed by atoms with Crippen LogP contribution in [0.2, 0.25) is 5.28 Å². The molecule has 0 unspecified atom stereocenters. The number of hydrogen-bond donors (Lipinski definition) is 1. The van der Waals surface area contributed by atoms with Crippen LogP contribution in [-0.2, 0) is 4.74 Å². The lowest BCUT2D eigenvalue weighted by molar-refractivity contribution is 0.181. The number of carbonyl (C=O) groups is 1. The number of anilines is 2. The topological polar surface area (TPSA) is 80.2 Å². The Kier molecular flexibility index (Phi) is 6.80. The Labute approximate surface area is 127 Å². The molecule has 0 saturated heterocycles. The van der Waals surface area contributed by atoms with Crippen molar-refractivity contribution >= 4 is 40.7 Å². The Balaban J connectivity index is 2.91. The second-order valence-corrected chi connectivity index (χ2v) is 5.29. The van der Waals surface area contributed by atoms with Crippen LogP contribution in [0, 0.1) is 0 Å². The molecule has 0 aliphatic heterocycles. The molecule has 0 fully saturated rings. The minimum atomic E-state index is -0.413. The van der Waals surface area contributed by atoms with Crippen LogP contribution in [-0.4, -0.2) is 39.4 Å². The Bertz CT molecular complexity index is 460. The van der Waals surface area contributed by atoms with Gasteiger partial charge in [0.25, 0.3) is 0 Å². The van der Waals surface area contributed by atoms with E-state index in [0.29, 0.717) is 25.0 Å². The molecule has 20 heavy (non-hydrogen) atoms. The maximum atomic E-state index is 11.5. The van der Waals surface area contributed by atoms with E-state index >= 15 is 0 Å². The third-order valence-electron chi connectivity index (χ3n) is 1.97. The van der Waals surface area contributed by atoms with Crippen LogP contribution in [0.15, 0.2) is 0 Å². The Morgan fingerprint density at radius 1 is 1.40 bits per heavy atom. The van der Waals surface area contributed by atoms with Gasteiger partial charge < -0.3 is 10.1 Å². The SMILES string of the molecule is CCOC(=O)SN(CC)c1nc(Cl)nc(NC(C)C)n1. The number of halogens is 1. The van der Waals surface area contributed by atoms with Gasteiger partial charge in [0.15, 0.2) is 0 Å². The van der Waals surface area contributed by atoms with Gasteiger partial charge in [-0.25, -0.2) is 4.79 Å². The van der Waals surface area contributed by atoms with E-state index in [1.807, 2.05) is 20.8 Å². The van der Waals surface area contributed by atoms with Crippen LogP contribution in [0.5, 0.6) is 0 Å². The van der Waals surface area contributed by atoms with E-state index in [1.165, 1.54) is 0 Å². The zero-order valence-corrected chi connectivity index (χ0v) is 13.5. The quantitative estimate of drug-likeness (QED) is 0.633. The number of carbonyl (C=O) groups excluding carboxylic acids is 1. The van der Waals surface area contributed by atoms with E-state index in [2.05, 4.69) is 20.3 Å². The minimum absolute atomic E-state index is 0.0704. The van der Waals surface area contributed by atoms with Gasteiger partial charge in [0.1, 0.15) is 0 Å². The lowest BCUT2D eigenvalue weighted by Gasteiger charge is -2.18. The van der Waals surface area contributed by atoms with Crippen molar-refractivity contribution < 1.29 is 9.53 Å². The smallest absolute Gasteiger partial charge is 0.388 e. The molecule has 1 aromatic rings. The zero-order chi connectivity index (χ0) is 15.1. The molecule has 0 atom stereocenters. The first-order valence-electron chi connectivity index (χ1n) is 6.26. The molecule has 1 rings (SSSR count). The van der Waals surface area contributed by atoms with Crippen molar-refractivity contribution in [3.8, 4) is 0 Å². The fourth-order valence-electron chi connectivity index (χ4n) is 1.25. The highest BCUT2D eigenvalue weighted by Gasteiger charge is 2.17. The molecular formula is C11H18ClN5O2S. The van der Waals surface area contributed by atoms with Gasteiger partial charge in [-0.15, -0.1) is 0 Å². The summed E-state index contributed by atoms with van der Waals surface area (Å²) < 4.78 is 6.48. The summed E-state index contributed by atoms with van der Waals surface area (Å²) in [6, 6.07) is 0.161. The van der Waals surface area contributed by atoms with Crippen molar-refractivity contribution in [2.75, 3.05) is 22.8 Å². The number of ether oxygens (including phenoxy) is 1. The second kappa shape index (κ2) is 8.11. The molecule has 0 aromatic carbocycles. The molecule has 0 saturated carbocycles. The molecule has 0 bridgehead atoms. The van der Waals surface area contributed by atoms with Gasteiger partial charge in [-0.3, -0.25) is 4.31 Å². The molecule has 1 N–H and O–H groups in total. The molecule has 112 valence electrons. The zero-order valence-electron chi connectivity index (χ0n) is 11.9. The summed E-state index contributed by atoms with van der Waals surface area (Å²) in [6.07, 6.45) is 0. The summed E-state index contributed by atoms with van der Waals surface area (Å²) in [5, 5.41) is 2.70. The average Bonchev–Trinajstić information content (AvgIpc) is 2.34. The summed E-state index contributed by atoms with van der Waals surface area (Å²) in [4.78, 5) is 23.8. The first-order chi connectivity index (χ1) is 9.46. The molecule has 9 heteroatoms. The maximum absolute atomic E-state index is 11.5. The fraction of sp³-hybridized carbons (Fsp3) is 0.636. The lowest BCUT2D eigenvalue weighted by Crippen LogP contribution is -2.21. The van der Waals surface area contributed by atoms with Crippen molar-refractivity contribution in [1.29, 1.82) is 0 Å². The van der Waals surface area contributed by atoms with E-state index < -0.39 is 5.30 Å². The van der Waals surface area contributed by atoms with Crippen molar-refractivity contribution in [3.63, 3.8) is 0 Å². The maximum Gasteiger partial charge on any atom is 0.388 e. The minimum Gasteiger partial charge on any atom is -0.457 e. The van der Waals surface area contributed by atoms with Crippen molar-refractivity contribution in [1.82, 2.24) is 15.0 Å². The largest absolute Gasteiger partial charge is 0.457 e. The van der Waals surface area contributed by atoms with Crippen molar-refractivity contribution in [3.05, 3.63) is 5.28 Å². The highest BCUT2D eigenvalue weighted by molar-refractivity contribution is 8.14. The van der Waals surface area contributed by atoms with Gasteiger partial charge in [0.05, 0.1) is 18.6 Å². The lowest BCUT2D eigenvalue weighted by atomic mass is 10.4. The molecule has 0 amide bonds. The van der Waals surface area contributed by atoms with Crippen molar-refractivity contribution in [2.45, 2.75) is 33.7 Å². The standard InChI is InChI=1S/C11H18ClN5O2S/c1-5-17(20-11(18)19-6-2)10-15-8(12)14-9(16-10)13-7(3)4/h7H,5-6H2,1-4H3,(H,13,14,15,16). The van der Waals surface area contributed by atoms with Gasteiger partial charge in [0, 0.05) is 12.6 Å². The molecule has 0 aliphatic rings. The van der Waals surface area contributed by atoms with Crippen LogP contribution in [0.4, 0.5) is 16.7 Å². The number of hydrogen-bond acceptors (Lipinski definition) is 8. The molecule has 0 spiro atoms. The summed E-state index contributed by atoms with van der Waals surface area (Å²) in [5.41, 5.74) is 0. The number of rotatable bonds is 6. The average molecular weight is 320 g/mol. The third-order valence-corrected chi connectivity index (χ3v) is 3.05. The van der Waals surface area contributed by atoms with Crippen LogP contribution in [0.1, 0.15) is 27.7 Å². The Hall–Kier alpha value is -1.28. The van der Waals surface area contributed by atoms with E-state index in [1.54, 1.807) is 11.2 Å². The highest BCUT2D eigenvalue weighted by atomic mass is 35.5. The normalized spacial score (nSPS) is 10.5. The Morgan fingerprint density at radius 2 is 2.10 bits per heavy atom. The van der Waals surface area contributed by atoms with Crippen molar-refractivity contribution in [2.24, 2.45) is 0 Å². The van der Waals surface area contributed by atoms with E-state index in [4.69, 9.17) is 16.3 Å². The number of nitrogens with zero attached hydrogens (tertiary/aromatic N) is 4. The van der Waals surface area contributed by atoms with E-state index in [-0.39, 0.29) is 11.3 Å². The van der Waals surface area contributed by atoms with Crippen LogP contribution in [0.25, 0.3) is 0 Å². The number of aromatic nitrogens is 3. The first-order valence-corrected chi connectivity index (χ1v) is 7.41. The monoisotopic (exact) mass is 319 g/mol. The fourth-order valence-corrected chi connectivity index (χ4v) is 2.05. The molecular weight excluding hydrogens is 302 g/mol. The van der Waals surface area contributed by atoms with Gasteiger partial charge in [0.2, 0.25) is 17.2 Å². The van der Waals surface area contributed by atoms with Gasteiger partial charge >= 0.3 is 5.30 Å². The Morgan fingerprint density at radius 3 is 2.65 bits per heavy atom. The molecule has 0 aliphatic carbocycles. The third kappa shape index (κ3) is 5.38. The molecule has 0 radical (unpaired) electrons. The van der Waals surface area contributed by atoms with E-state index in [0.717, 1.165) is 11.9 Å². The van der Waals surface area contributed by atoms with Crippen LogP contribution < -0.4 is 9.62 Å². The molecule has 7 nitrogen and oxygen atoms in total. The number of nitrogens with one attached hydrogen (secondary N) is 1. The first kappa shape index (κ1) is 16.8. The van der Waals surface area contributed by atoms with Crippen LogP contribution in [0.3, 0.4) is 0 Å². The predicted molar refractivity (Wildman–Crippen MR) is 81.2 cm³/mol. The summed E-state index contributed by atoms with van der Waals surface area (Å²) in [5.74, 6) is 0.687. The van der Waals surface area contributed by atoms with Gasteiger partial charge in [-0.2, -0.15) is 15.0 Å². The summed E-state index contributed by atoms with van der Waals surface area (Å²) >= 11 is 6.77. The van der Waals surface area contributed by atoms with Gasteiger partial charge in [-0.05, 0) is 39.3 Å². The predicted octanol–water partition coefficient (Wildman–Crippen LogP) is 2.98. The van der Waals surface area contributed by atoms with Gasteiger partial charge in [-0.1, -0.05) is 0 Å². The molecule has 1 aromatic heterocycles. The highest BCUT2D eigenvalue weighted by Crippen LogP contribution is 2.22. The summed E-state index contributed by atoms with van der Waals surface area (Å²) in [6.45, 7) is 8.38. The summed E-state index contributed by atoms with van der Waals surface area (Å²) in [7, 11) is 0. The second-order valence-electron chi connectivity index (χ2n) is 4.00.